The molecule has 2 aromatic rings. The molecule has 2 aromatic carbocycles. The average molecular weight is 396 g/mol. The quantitative estimate of drug-likeness (QED) is 0.379. The van der Waals surface area contributed by atoms with Gasteiger partial charge in [0.2, 0.25) is 5.91 Å². The molecule has 0 aliphatic carbocycles. The number of rotatable bonds is 11. The van der Waals surface area contributed by atoms with Gasteiger partial charge in [-0.25, -0.2) is 0 Å². The fourth-order valence-electron chi connectivity index (χ4n) is 3.48. The van der Waals surface area contributed by atoms with Crippen LogP contribution in [-0.4, -0.2) is 29.9 Å². The SMILES string of the molecule is CCOC(=O)CCCCCN(C(=O)C(C)C)C(c1ccccc1)c1ccccc1. The minimum absolute atomic E-state index is 0.0792. The molecule has 2 rings (SSSR count). The molecule has 29 heavy (non-hydrogen) atoms. The summed E-state index contributed by atoms with van der Waals surface area (Å²) >= 11 is 0. The highest BCUT2D eigenvalue weighted by molar-refractivity contribution is 5.79. The summed E-state index contributed by atoms with van der Waals surface area (Å²) in [4.78, 5) is 26.7. The maximum absolute atomic E-state index is 13.1. The van der Waals surface area contributed by atoms with E-state index in [1.54, 1.807) is 0 Å². The monoisotopic (exact) mass is 395 g/mol. The Labute approximate surface area is 174 Å². The first kappa shape index (κ1) is 22.7. The molecule has 0 fully saturated rings. The van der Waals surface area contributed by atoms with Gasteiger partial charge in [-0.15, -0.1) is 0 Å². The normalized spacial score (nSPS) is 10.9. The maximum Gasteiger partial charge on any atom is 0.305 e. The van der Waals surface area contributed by atoms with Crippen LogP contribution in [0.5, 0.6) is 0 Å². The van der Waals surface area contributed by atoms with Crippen LogP contribution in [0.4, 0.5) is 0 Å². The topological polar surface area (TPSA) is 46.6 Å². The highest BCUT2D eigenvalue weighted by Gasteiger charge is 2.27. The van der Waals surface area contributed by atoms with E-state index in [1.165, 1.54) is 0 Å². The number of amides is 1. The number of carbonyl (C=O) groups excluding carboxylic acids is 2. The summed E-state index contributed by atoms with van der Waals surface area (Å²) in [5.41, 5.74) is 2.22. The second-order valence-corrected chi connectivity index (χ2v) is 7.53. The van der Waals surface area contributed by atoms with E-state index in [0.717, 1.165) is 30.4 Å². The summed E-state index contributed by atoms with van der Waals surface area (Å²) in [5, 5.41) is 0. The van der Waals surface area contributed by atoms with Crippen molar-refractivity contribution in [1.82, 2.24) is 4.90 Å². The maximum atomic E-state index is 13.1. The highest BCUT2D eigenvalue weighted by atomic mass is 16.5. The average Bonchev–Trinajstić information content (AvgIpc) is 2.73. The lowest BCUT2D eigenvalue weighted by Crippen LogP contribution is -2.39. The number of benzene rings is 2. The molecule has 0 radical (unpaired) electrons. The summed E-state index contributed by atoms with van der Waals surface area (Å²) in [7, 11) is 0. The van der Waals surface area contributed by atoms with E-state index < -0.39 is 0 Å². The Morgan fingerprint density at radius 2 is 1.41 bits per heavy atom. The first-order valence-electron chi connectivity index (χ1n) is 10.6. The Morgan fingerprint density at radius 3 is 1.90 bits per heavy atom. The zero-order chi connectivity index (χ0) is 21.1. The third-order valence-corrected chi connectivity index (χ3v) is 4.90. The van der Waals surface area contributed by atoms with Gasteiger partial charge in [0.1, 0.15) is 0 Å². The molecule has 0 bridgehead atoms. The van der Waals surface area contributed by atoms with Gasteiger partial charge in [0.05, 0.1) is 12.6 Å². The molecule has 0 N–H and O–H groups in total. The van der Waals surface area contributed by atoms with Crippen LogP contribution in [0.15, 0.2) is 60.7 Å². The van der Waals surface area contributed by atoms with Gasteiger partial charge < -0.3 is 9.64 Å². The number of nitrogens with zero attached hydrogens (tertiary/aromatic N) is 1. The molecule has 156 valence electrons. The van der Waals surface area contributed by atoms with Gasteiger partial charge in [-0.3, -0.25) is 9.59 Å². The van der Waals surface area contributed by atoms with E-state index in [2.05, 4.69) is 24.3 Å². The van der Waals surface area contributed by atoms with Crippen LogP contribution >= 0.6 is 0 Å². The summed E-state index contributed by atoms with van der Waals surface area (Å²) in [5.74, 6) is -0.0772. The molecule has 0 aliphatic rings. The molecule has 0 unspecified atom stereocenters. The molecule has 0 saturated heterocycles. The Morgan fingerprint density at radius 1 is 0.862 bits per heavy atom. The highest BCUT2D eigenvalue weighted by Crippen LogP contribution is 2.30. The van der Waals surface area contributed by atoms with Crippen LogP contribution in [0.25, 0.3) is 0 Å². The van der Waals surface area contributed by atoms with Gasteiger partial charge >= 0.3 is 5.97 Å². The zero-order valence-electron chi connectivity index (χ0n) is 17.8. The lowest BCUT2D eigenvalue weighted by Gasteiger charge is -2.34. The number of unbranched alkanes of at least 4 members (excludes halogenated alkanes) is 2. The van der Waals surface area contributed by atoms with Crippen LogP contribution in [-0.2, 0) is 14.3 Å². The molecule has 1 amide bonds. The number of carbonyl (C=O) groups is 2. The lowest BCUT2D eigenvalue weighted by atomic mass is 9.95. The fraction of sp³-hybridized carbons (Fsp3) is 0.440. The van der Waals surface area contributed by atoms with Crippen LogP contribution in [0.1, 0.15) is 63.6 Å². The number of hydrogen-bond acceptors (Lipinski definition) is 3. The second kappa shape index (κ2) is 12.1. The minimum atomic E-state index is -0.144. The zero-order valence-corrected chi connectivity index (χ0v) is 17.8. The van der Waals surface area contributed by atoms with Crippen LogP contribution in [0, 0.1) is 5.92 Å². The molecular formula is C25H33NO3. The van der Waals surface area contributed by atoms with Crippen molar-refractivity contribution in [2.75, 3.05) is 13.2 Å². The number of hydrogen-bond donors (Lipinski definition) is 0. The van der Waals surface area contributed by atoms with Crippen molar-refractivity contribution in [3.63, 3.8) is 0 Å². The van der Waals surface area contributed by atoms with Crippen molar-refractivity contribution < 1.29 is 14.3 Å². The lowest BCUT2D eigenvalue weighted by molar-refractivity contribution is -0.143. The summed E-state index contributed by atoms with van der Waals surface area (Å²) in [6, 6.07) is 20.3. The van der Waals surface area contributed by atoms with Crippen molar-refractivity contribution in [3.8, 4) is 0 Å². The van der Waals surface area contributed by atoms with Crippen LogP contribution in [0.3, 0.4) is 0 Å². The molecule has 0 aromatic heterocycles. The van der Waals surface area contributed by atoms with Crippen molar-refractivity contribution in [2.24, 2.45) is 5.92 Å². The summed E-state index contributed by atoms with van der Waals surface area (Å²) in [6.45, 7) is 6.80. The van der Waals surface area contributed by atoms with E-state index in [1.807, 2.05) is 62.1 Å². The predicted octanol–water partition coefficient (Wildman–Crippen LogP) is 5.38. The summed E-state index contributed by atoms with van der Waals surface area (Å²) < 4.78 is 4.99. The Balaban J connectivity index is 2.16. The molecule has 0 aliphatic heterocycles. The minimum Gasteiger partial charge on any atom is -0.466 e. The molecule has 0 saturated carbocycles. The molecular weight excluding hydrogens is 362 g/mol. The molecule has 0 atom stereocenters. The van der Waals surface area contributed by atoms with Crippen molar-refractivity contribution in [3.05, 3.63) is 71.8 Å². The fourth-order valence-corrected chi connectivity index (χ4v) is 3.48. The Kier molecular flexibility index (Phi) is 9.42. The van der Waals surface area contributed by atoms with Crippen molar-refractivity contribution >= 4 is 11.9 Å². The molecule has 4 nitrogen and oxygen atoms in total. The van der Waals surface area contributed by atoms with Crippen LogP contribution in [0.2, 0.25) is 0 Å². The van der Waals surface area contributed by atoms with Crippen molar-refractivity contribution in [1.29, 1.82) is 0 Å². The van der Waals surface area contributed by atoms with E-state index in [4.69, 9.17) is 4.74 Å². The predicted molar refractivity (Wildman–Crippen MR) is 116 cm³/mol. The van der Waals surface area contributed by atoms with E-state index in [0.29, 0.717) is 19.6 Å². The third kappa shape index (κ3) is 7.04. The largest absolute Gasteiger partial charge is 0.466 e. The smallest absolute Gasteiger partial charge is 0.305 e. The van der Waals surface area contributed by atoms with E-state index in [9.17, 15) is 9.59 Å². The first-order chi connectivity index (χ1) is 14.0. The third-order valence-electron chi connectivity index (χ3n) is 4.90. The summed E-state index contributed by atoms with van der Waals surface area (Å²) in [6.07, 6.45) is 2.96. The van der Waals surface area contributed by atoms with E-state index in [-0.39, 0.29) is 23.8 Å². The number of esters is 1. The number of ether oxygens (including phenoxy) is 1. The van der Waals surface area contributed by atoms with Gasteiger partial charge in [-0.2, -0.15) is 0 Å². The van der Waals surface area contributed by atoms with Gasteiger partial charge in [0.25, 0.3) is 0 Å². The molecule has 4 heteroatoms. The van der Waals surface area contributed by atoms with Crippen LogP contribution < -0.4 is 0 Å². The second-order valence-electron chi connectivity index (χ2n) is 7.53. The van der Waals surface area contributed by atoms with Gasteiger partial charge in [-0.1, -0.05) is 80.9 Å². The molecule has 0 heterocycles. The van der Waals surface area contributed by atoms with Gasteiger partial charge in [0, 0.05) is 18.9 Å². The van der Waals surface area contributed by atoms with Gasteiger partial charge in [0.15, 0.2) is 0 Å². The first-order valence-corrected chi connectivity index (χ1v) is 10.6. The van der Waals surface area contributed by atoms with Gasteiger partial charge in [-0.05, 0) is 30.9 Å². The standard InChI is InChI=1S/C25H33NO3/c1-4-29-23(27)18-12-7-13-19-26(25(28)20(2)3)24(21-14-8-5-9-15-21)22-16-10-6-11-17-22/h5-6,8-11,14-17,20,24H,4,7,12-13,18-19H2,1-3H3. The van der Waals surface area contributed by atoms with Crippen molar-refractivity contribution in [2.45, 2.75) is 52.5 Å². The Bertz CT molecular complexity index is 704. The molecule has 0 spiro atoms. The Hall–Kier alpha value is -2.62. The van der Waals surface area contributed by atoms with E-state index >= 15 is 0 Å².